The molecule has 0 radical (unpaired) electrons. The molecule has 3 N–H and O–H groups in total. The van der Waals surface area contributed by atoms with Crippen LogP contribution in [0, 0.1) is 5.82 Å². The summed E-state index contributed by atoms with van der Waals surface area (Å²) in [6.45, 7) is 4.43. The fourth-order valence-corrected chi connectivity index (χ4v) is 4.30. The van der Waals surface area contributed by atoms with Crippen molar-refractivity contribution >= 4 is 28.4 Å². The Morgan fingerprint density at radius 1 is 1.25 bits per heavy atom. The summed E-state index contributed by atoms with van der Waals surface area (Å²) in [7, 11) is 1.74. The average Bonchev–Trinajstić information content (AvgIpc) is 3.33. The summed E-state index contributed by atoms with van der Waals surface area (Å²) < 4.78 is 18.3. The van der Waals surface area contributed by atoms with Gasteiger partial charge in [0.05, 0.1) is 23.1 Å². The lowest BCUT2D eigenvalue weighted by molar-refractivity contribution is 0.0195. The van der Waals surface area contributed by atoms with Gasteiger partial charge in [0.25, 0.3) is 0 Å². The van der Waals surface area contributed by atoms with Crippen molar-refractivity contribution in [2.45, 2.75) is 57.7 Å². The Bertz CT molecular complexity index is 1290. The Hall–Kier alpha value is -3.34. The molecule has 1 aliphatic carbocycles. The van der Waals surface area contributed by atoms with Gasteiger partial charge in [0, 0.05) is 19.6 Å². The third-order valence-electron chi connectivity index (χ3n) is 6.13. The van der Waals surface area contributed by atoms with Crippen LogP contribution in [-0.4, -0.2) is 58.4 Å². The van der Waals surface area contributed by atoms with Gasteiger partial charge in [0.2, 0.25) is 5.95 Å². The molecule has 4 aromatic heterocycles. The van der Waals surface area contributed by atoms with Gasteiger partial charge in [0.15, 0.2) is 17.3 Å². The number of pyridine rings is 1. The molecule has 1 aliphatic rings. The minimum absolute atomic E-state index is 0.156. The van der Waals surface area contributed by atoms with E-state index in [1.807, 2.05) is 13.8 Å². The van der Waals surface area contributed by atoms with Gasteiger partial charge in [-0.25, -0.2) is 18.6 Å². The smallest absolute Gasteiger partial charge is 0.243 e. The van der Waals surface area contributed by atoms with Crippen LogP contribution < -0.4 is 10.6 Å². The highest BCUT2D eigenvalue weighted by Gasteiger charge is 2.29. The molecular weight excluding hydrogens is 413 g/mol. The van der Waals surface area contributed by atoms with Crippen molar-refractivity contribution in [2.75, 3.05) is 17.7 Å². The maximum atomic E-state index is 15.1. The molecule has 0 aliphatic heterocycles. The van der Waals surface area contributed by atoms with Crippen molar-refractivity contribution in [3.63, 3.8) is 0 Å². The molecule has 0 amide bonds. The van der Waals surface area contributed by atoms with Crippen molar-refractivity contribution < 1.29 is 9.50 Å². The van der Waals surface area contributed by atoms with Gasteiger partial charge in [-0.05, 0) is 51.7 Å². The van der Waals surface area contributed by atoms with E-state index in [1.165, 1.54) is 10.7 Å². The Morgan fingerprint density at radius 2 is 2.03 bits per heavy atom. The number of nitrogens with zero attached hydrogens (tertiary/aromatic N) is 7. The highest BCUT2D eigenvalue weighted by atomic mass is 19.1. The van der Waals surface area contributed by atoms with E-state index in [0.29, 0.717) is 59.1 Å². The first-order valence-electron chi connectivity index (χ1n) is 10.8. The molecule has 0 unspecified atom stereocenters. The molecular formula is C21H26FN9O. The topological polar surface area (TPSA) is 118 Å². The number of aliphatic hydroxyl groups is 1. The second kappa shape index (κ2) is 7.66. The van der Waals surface area contributed by atoms with E-state index in [2.05, 4.69) is 36.0 Å². The minimum atomic E-state index is -0.617. The molecule has 1 fully saturated rings. The van der Waals surface area contributed by atoms with Crippen molar-refractivity contribution in [1.29, 1.82) is 0 Å². The molecule has 4 heterocycles. The van der Waals surface area contributed by atoms with Gasteiger partial charge >= 0.3 is 0 Å². The molecule has 10 nitrogen and oxygen atoms in total. The van der Waals surface area contributed by atoms with Crippen LogP contribution in [0.4, 0.5) is 16.2 Å². The predicted molar refractivity (Wildman–Crippen MR) is 119 cm³/mol. The minimum Gasteiger partial charge on any atom is -0.390 e. The number of nitrogens with one attached hydrogen (secondary N) is 2. The first kappa shape index (κ1) is 20.6. The van der Waals surface area contributed by atoms with Gasteiger partial charge in [-0.15, -0.1) is 10.2 Å². The molecule has 0 aromatic carbocycles. The van der Waals surface area contributed by atoms with E-state index in [0.717, 1.165) is 12.8 Å². The lowest BCUT2D eigenvalue weighted by Crippen LogP contribution is -2.36. The highest BCUT2D eigenvalue weighted by Crippen LogP contribution is 2.33. The Morgan fingerprint density at radius 3 is 2.75 bits per heavy atom. The van der Waals surface area contributed by atoms with Gasteiger partial charge in [-0.1, -0.05) is 5.21 Å². The first-order chi connectivity index (χ1) is 15.4. The molecule has 0 atom stereocenters. The van der Waals surface area contributed by atoms with Gasteiger partial charge in [0.1, 0.15) is 11.0 Å². The van der Waals surface area contributed by atoms with Crippen LogP contribution in [-0.2, 0) is 6.54 Å². The third kappa shape index (κ3) is 3.52. The molecule has 4 aromatic rings. The zero-order valence-corrected chi connectivity index (χ0v) is 18.3. The summed E-state index contributed by atoms with van der Waals surface area (Å²) in [5.41, 5.74) is 1.92. The quantitative estimate of drug-likeness (QED) is 0.434. The Kier molecular flexibility index (Phi) is 4.92. The number of rotatable bonds is 5. The number of halogens is 1. The van der Waals surface area contributed by atoms with Crippen molar-refractivity contribution in [3.8, 4) is 11.3 Å². The fourth-order valence-electron chi connectivity index (χ4n) is 4.30. The summed E-state index contributed by atoms with van der Waals surface area (Å²) in [5, 5.41) is 29.3. The number of anilines is 2. The second-order valence-electron chi connectivity index (χ2n) is 8.54. The van der Waals surface area contributed by atoms with Crippen LogP contribution in [0.1, 0.15) is 39.5 Å². The Labute approximate surface area is 183 Å². The third-order valence-corrected chi connectivity index (χ3v) is 6.13. The normalized spacial score (nSPS) is 21.3. The maximum Gasteiger partial charge on any atom is 0.243 e. The van der Waals surface area contributed by atoms with Gasteiger partial charge < -0.3 is 15.7 Å². The summed E-state index contributed by atoms with van der Waals surface area (Å²) >= 11 is 0. The molecule has 11 heteroatoms. The summed E-state index contributed by atoms with van der Waals surface area (Å²) in [6.07, 6.45) is 4.40. The molecule has 0 spiro atoms. The predicted octanol–water partition coefficient (Wildman–Crippen LogP) is 2.84. The van der Waals surface area contributed by atoms with E-state index in [9.17, 15) is 5.11 Å². The average molecular weight is 439 g/mol. The van der Waals surface area contributed by atoms with Crippen LogP contribution in [0.3, 0.4) is 0 Å². The molecule has 0 bridgehead atoms. The molecule has 32 heavy (non-hydrogen) atoms. The van der Waals surface area contributed by atoms with E-state index in [-0.39, 0.29) is 6.04 Å². The van der Waals surface area contributed by atoms with E-state index in [1.54, 1.807) is 23.9 Å². The first-order valence-corrected chi connectivity index (χ1v) is 10.8. The molecule has 0 saturated heterocycles. The second-order valence-corrected chi connectivity index (χ2v) is 8.54. The van der Waals surface area contributed by atoms with Crippen LogP contribution >= 0.6 is 0 Å². The highest BCUT2D eigenvalue weighted by molar-refractivity contribution is 5.89. The number of hydrogen-bond acceptors (Lipinski definition) is 8. The number of hydrogen-bond donors (Lipinski definition) is 3. The number of aromatic nitrogens is 7. The van der Waals surface area contributed by atoms with E-state index < -0.39 is 11.4 Å². The van der Waals surface area contributed by atoms with Crippen molar-refractivity contribution in [2.24, 2.45) is 0 Å². The van der Waals surface area contributed by atoms with Gasteiger partial charge in [-0.3, -0.25) is 0 Å². The molecule has 5 rings (SSSR count). The lowest BCUT2D eigenvalue weighted by Gasteiger charge is -2.33. The van der Waals surface area contributed by atoms with Crippen LogP contribution in [0.25, 0.3) is 27.9 Å². The number of fused-ring (bicyclic) bond motifs is 2. The molecule has 168 valence electrons. The molecule has 1 saturated carbocycles. The standard InChI is InChI=1S/C21H26FN9O/c1-4-30-19-15(27-29-30)6-5-14(25-19)16-13(22)11-31-17(16)18(23-3)26-20(28-31)24-12-7-9-21(2,32)10-8-12/h5-6,11-12,32H,4,7-10H2,1-3H3,(H2,23,24,26,28). The summed E-state index contributed by atoms with van der Waals surface area (Å²) in [5.74, 6) is 0.462. The van der Waals surface area contributed by atoms with Crippen molar-refractivity contribution in [3.05, 3.63) is 24.1 Å². The summed E-state index contributed by atoms with van der Waals surface area (Å²) in [6, 6.07) is 3.67. The maximum absolute atomic E-state index is 15.1. The van der Waals surface area contributed by atoms with Crippen LogP contribution in [0.5, 0.6) is 0 Å². The zero-order chi connectivity index (χ0) is 22.5. The lowest BCUT2D eigenvalue weighted by atomic mass is 9.84. The number of aryl methyl sites for hydroxylation is 1. The van der Waals surface area contributed by atoms with Crippen molar-refractivity contribution in [1.82, 2.24) is 34.6 Å². The van der Waals surface area contributed by atoms with Crippen LogP contribution in [0.15, 0.2) is 18.3 Å². The van der Waals surface area contributed by atoms with E-state index >= 15 is 4.39 Å². The van der Waals surface area contributed by atoms with E-state index in [4.69, 9.17) is 0 Å². The monoisotopic (exact) mass is 439 g/mol. The largest absolute Gasteiger partial charge is 0.390 e. The zero-order valence-electron chi connectivity index (χ0n) is 18.3. The Balaban J connectivity index is 1.55. The van der Waals surface area contributed by atoms with Gasteiger partial charge in [-0.2, -0.15) is 4.98 Å². The SMILES string of the molecule is CCn1nnc2ccc(-c3c(F)cn4nc(NC5CCC(C)(O)CC5)nc(NC)c34)nc21. The van der Waals surface area contributed by atoms with Crippen LogP contribution in [0.2, 0.25) is 0 Å². The summed E-state index contributed by atoms with van der Waals surface area (Å²) in [4.78, 5) is 9.22. The fraction of sp³-hybridized carbons (Fsp3) is 0.476.